The van der Waals surface area contributed by atoms with Crippen molar-refractivity contribution in [1.82, 2.24) is 0 Å². The molecule has 2 aliphatic rings. The Balaban J connectivity index is 1.48. The summed E-state index contributed by atoms with van der Waals surface area (Å²) in [6.45, 7) is 7.88. The van der Waals surface area contributed by atoms with Crippen molar-refractivity contribution in [3.05, 3.63) is 46.8 Å². The molecule has 2 fully saturated rings. The summed E-state index contributed by atoms with van der Waals surface area (Å²) in [6.07, 6.45) is 11.6. The molecule has 2 saturated carbocycles. The lowest BCUT2D eigenvalue weighted by atomic mass is 9.90. The molecule has 0 spiro atoms. The van der Waals surface area contributed by atoms with Gasteiger partial charge in [-0.15, -0.1) is 4.33 Å². The second-order valence-corrected chi connectivity index (χ2v) is 8.44. The molecule has 0 N–H and O–H groups in total. The fourth-order valence-corrected chi connectivity index (χ4v) is 4.18. The van der Waals surface area contributed by atoms with Crippen LogP contribution in [-0.4, -0.2) is 24.3 Å². The average Bonchev–Trinajstić information content (AvgIpc) is 2.86. The molecule has 0 saturated heterocycles. The number of benzene rings is 1. The Hall–Kier alpha value is -2.59. The van der Waals surface area contributed by atoms with Crippen molar-refractivity contribution < 1.29 is 18.3 Å². The molecule has 0 atom stereocenters. The maximum atomic E-state index is 9.42. The Morgan fingerprint density at radius 3 is 2.31 bits per heavy atom. The molecule has 2 aliphatic carbocycles. The van der Waals surface area contributed by atoms with E-state index in [2.05, 4.69) is 21.2 Å². The van der Waals surface area contributed by atoms with Gasteiger partial charge in [-0.1, -0.05) is 74.5 Å². The first-order chi connectivity index (χ1) is 15.8. The van der Waals surface area contributed by atoms with Gasteiger partial charge in [-0.3, -0.25) is 0 Å². The molecule has 32 heavy (non-hydrogen) atoms. The van der Waals surface area contributed by atoms with Crippen LogP contribution in [-0.2, 0) is 18.3 Å². The summed E-state index contributed by atoms with van der Waals surface area (Å²) in [5.41, 5.74) is 1.37. The maximum absolute atomic E-state index is 9.42. The molecule has 1 aromatic carbocycles. The second kappa shape index (κ2) is 13.7. The van der Waals surface area contributed by atoms with Gasteiger partial charge in [0.05, 0.1) is 11.3 Å². The average molecular weight is 457 g/mol. The van der Waals surface area contributed by atoms with Crippen molar-refractivity contribution in [1.29, 1.82) is 5.26 Å². The highest BCUT2D eigenvalue weighted by molar-refractivity contribution is 7.89. The summed E-state index contributed by atoms with van der Waals surface area (Å²) in [7, 11) is 0. The van der Waals surface area contributed by atoms with E-state index in [1.807, 2.05) is 0 Å². The van der Waals surface area contributed by atoms with E-state index in [0.29, 0.717) is 36.0 Å². The molecule has 0 amide bonds. The van der Waals surface area contributed by atoms with Crippen molar-refractivity contribution in [2.45, 2.75) is 70.3 Å². The molecule has 0 radical (unpaired) electrons. The molecule has 0 aromatic heterocycles. The van der Waals surface area contributed by atoms with Crippen LogP contribution >= 0.6 is 12.3 Å². The Kier molecular flexibility index (Phi) is 10.3. The maximum Gasteiger partial charge on any atom is 0.323 e. The van der Waals surface area contributed by atoms with E-state index in [1.54, 1.807) is 24.3 Å². The number of rotatable bonds is 10. The van der Waals surface area contributed by atoms with Crippen LogP contribution in [0.5, 0.6) is 0 Å². The molecular weight excluding hydrogens is 428 g/mol. The predicted octanol–water partition coefficient (Wildman–Crippen LogP) is 5.95. The SMILES string of the molecule is [C-]#[N+]C(=NOSOOC1CCCCC1)c1ccc(C(C#N)=NOCC2CCCCC2)cc1. The predicted molar refractivity (Wildman–Crippen MR) is 122 cm³/mol. The van der Waals surface area contributed by atoms with E-state index in [-0.39, 0.29) is 17.7 Å². The smallest absolute Gasteiger partial charge is 0.323 e. The fourth-order valence-electron chi connectivity index (χ4n) is 3.91. The molecular formula is C23H28N4O4S. The normalized spacial score (nSPS) is 18.6. The zero-order valence-corrected chi connectivity index (χ0v) is 18.9. The van der Waals surface area contributed by atoms with Crippen molar-refractivity contribution in [3.8, 4) is 6.07 Å². The van der Waals surface area contributed by atoms with Gasteiger partial charge in [0.25, 0.3) is 0 Å². The standard InChI is InChI=1S/C23H28N4O4S/c1-25-23(27-30-32-31-29-21-10-6-3-7-11-21)20-14-12-19(13-15-20)22(16-24)26-28-17-18-8-4-2-5-9-18/h12-15,18,21H,2-11,17H2. The second-order valence-electron chi connectivity index (χ2n) is 8.02. The van der Waals surface area contributed by atoms with Gasteiger partial charge in [-0.2, -0.15) is 5.26 Å². The summed E-state index contributed by atoms with van der Waals surface area (Å²) in [5, 5.41) is 17.2. The minimum absolute atomic E-state index is 0.0642. The first-order valence-electron chi connectivity index (χ1n) is 11.1. The fraction of sp³-hybridized carbons (Fsp3) is 0.565. The third-order valence-electron chi connectivity index (χ3n) is 5.73. The van der Waals surface area contributed by atoms with Gasteiger partial charge in [-0.05, 0) is 31.6 Å². The molecule has 8 nitrogen and oxygen atoms in total. The van der Waals surface area contributed by atoms with E-state index in [0.717, 1.165) is 38.5 Å². The summed E-state index contributed by atoms with van der Waals surface area (Å²) in [6, 6.07) is 8.86. The van der Waals surface area contributed by atoms with Gasteiger partial charge in [0.2, 0.25) is 0 Å². The third-order valence-corrected chi connectivity index (χ3v) is 6.00. The van der Waals surface area contributed by atoms with E-state index in [4.69, 9.17) is 24.9 Å². The number of amidine groups is 1. The number of hydrogen-bond donors (Lipinski definition) is 0. The van der Waals surface area contributed by atoms with Crippen molar-refractivity contribution in [2.75, 3.05) is 6.61 Å². The molecule has 3 rings (SSSR count). The lowest BCUT2D eigenvalue weighted by Gasteiger charge is -2.19. The molecule has 1 aromatic rings. The monoisotopic (exact) mass is 456 g/mol. The van der Waals surface area contributed by atoms with Crippen LogP contribution in [0.1, 0.15) is 75.3 Å². The summed E-state index contributed by atoms with van der Waals surface area (Å²) >= 11 is 0.586. The van der Waals surface area contributed by atoms with Gasteiger partial charge in [0.1, 0.15) is 12.7 Å². The summed E-state index contributed by atoms with van der Waals surface area (Å²) in [5.74, 6) is 0.580. The molecule has 0 heterocycles. The molecule has 170 valence electrons. The van der Waals surface area contributed by atoms with Crippen LogP contribution in [0.4, 0.5) is 0 Å². The van der Waals surface area contributed by atoms with Crippen LogP contribution in [0.15, 0.2) is 34.6 Å². The van der Waals surface area contributed by atoms with Gasteiger partial charge >= 0.3 is 18.2 Å². The zero-order chi connectivity index (χ0) is 22.4. The molecule has 0 bridgehead atoms. The Morgan fingerprint density at radius 1 is 1.00 bits per heavy atom. The lowest BCUT2D eigenvalue weighted by Crippen LogP contribution is -2.15. The summed E-state index contributed by atoms with van der Waals surface area (Å²) < 4.78 is 9.96. The number of nitrogens with zero attached hydrogens (tertiary/aromatic N) is 4. The molecule has 0 aliphatic heterocycles. The Labute approximate surface area is 193 Å². The first-order valence-corrected chi connectivity index (χ1v) is 11.8. The summed E-state index contributed by atoms with van der Waals surface area (Å²) in [4.78, 5) is 14.1. The number of hydrogen-bond acceptors (Lipinski definition) is 8. The largest absolute Gasteiger partial charge is 0.394 e. The minimum Gasteiger partial charge on any atom is -0.394 e. The van der Waals surface area contributed by atoms with Gasteiger partial charge in [0.15, 0.2) is 5.71 Å². The zero-order valence-electron chi connectivity index (χ0n) is 18.1. The van der Waals surface area contributed by atoms with E-state index >= 15 is 0 Å². The Bertz CT molecular complexity index is 848. The van der Waals surface area contributed by atoms with E-state index < -0.39 is 0 Å². The van der Waals surface area contributed by atoms with Crippen molar-refractivity contribution in [3.63, 3.8) is 0 Å². The quantitative estimate of drug-likeness (QED) is 0.0821. The van der Waals surface area contributed by atoms with Crippen LogP contribution in [0.2, 0.25) is 0 Å². The van der Waals surface area contributed by atoms with Crippen LogP contribution in [0.3, 0.4) is 0 Å². The van der Waals surface area contributed by atoms with Gasteiger partial charge in [0, 0.05) is 11.1 Å². The highest BCUT2D eigenvalue weighted by atomic mass is 32.2. The Morgan fingerprint density at radius 2 is 1.66 bits per heavy atom. The van der Waals surface area contributed by atoms with Crippen molar-refractivity contribution in [2.24, 2.45) is 16.2 Å². The van der Waals surface area contributed by atoms with E-state index in [1.165, 1.54) is 25.7 Å². The van der Waals surface area contributed by atoms with Gasteiger partial charge in [-0.25, -0.2) is 9.17 Å². The van der Waals surface area contributed by atoms with Crippen LogP contribution in [0.25, 0.3) is 4.85 Å². The minimum atomic E-state index is 0.0642. The van der Waals surface area contributed by atoms with Crippen LogP contribution in [0, 0.1) is 23.8 Å². The highest BCUT2D eigenvalue weighted by Crippen LogP contribution is 2.24. The highest BCUT2D eigenvalue weighted by Gasteiger charge is 2.16. The van der Waals surface area contributed by atoms with Crippen LogP contribution < -0.4 is 0 Å². The number of nitriles is 1. The molecule has 0 unspecified atom stereocenters. The van der Waals surface area contributed by atoms with Gasteiger partial charge < -0.3 is 9.68 Å². The topological polar surface area (TPSA) is 89.8 Å². The lowest BCUT2D eigenvalue weighted by molar-refractivity contribution is -0.242. The first kappa shape index (κ1) is 24.1. The third kappa shape index (κ3) is 7.83. The van der Waals surface area contributed by atoms with Crippen molar-refractivity contribution >= 4 is 23.9 Å². The number of oxime groups is 2. The molecule has 9 heteroatoms. The van der Waals surface area contributed by atoms with E-state index in [9.17, 15) is 5.26 Å².